The van der Waals surface area contributed by atoms with Crippen LogP contribution in [0.25, 0.3) is 0 Å². The van der Waals surface area contributed by atoms with Gasteiger partial charge in [-0.1, -0.05) is 44.2 Å². The molecule has 2 rings (SSSR count). The van der Waals surface area contributed by atoms with Crippen molar-refractivity contribution >= 4 is 11.8 Å². The molecule has 1 aliphatic rings. The van der Waals surface area contributed by atoms with Crippen LogP contribution in [0.2, 0.25) is 0 Å². The fraction of sp³-hybridized carbons (Fsp3) is 0.562. The molecule has 0 bridgehead atoms. The van der Waals surface area contributed by atoms with E-state index >= 15 is 0 Å². The first-order valence-corrected chi connectivity index (χ1v) is 7.91. The summed E-state index contributed by atoms with van der Waals surface area (Å²) in [4.78, 5) is 2.49. The molecule has 1 saturated heterocycles. The van der Waals surface area contributed by atoms with Gasteiger partial charge in [0.15, 0.2) is 0 Å². The van der Waals surface area contributed by atoms with Crippen LogP contribution >= 0.6 is 11.8 Å². The Morgan fingerprint density at radius 2 is 2.05 bits per heavy atom. The zero-order valence-electron chi connectivity index (χ0n) is 11.8. The maximum absolute atomic E-state index is 9.12. The van der Waals surface area contributed by atoms with Crippen molar-refractivity contribution in [2.24, 2.45) is 0 Å². The second-order valence-corrected chi connectivity index (χ2v) is 7.48. The molecule has 0 radical (unpaired) electrons. The fourth-order valence-corrected chi connectivity index (χ4v) is 3.68. The number of nitriles is 1. The molecule has 3 heteroatoms. The molecule has 1 aromatic rings. The van der Waals surface area contributed by atoms with E-state index in [9.17, 15) is 0 Å². The Hall–Kier alpha value is -0.980. The van der Waals surface area contributed by atoms with Crippen molar-refractivity contribution in [1.82, 2.24) is 4.90 Å². The predicted molar refractivity (Wildman–Crippen MR) is 82.1 cm³/mol. The van der Waals surface area contributed by atoms with Crippen molar-refractivity contribution in [3.63, 3.8) is 0 Å². The van der Waals surface area contributed by atoms with Crippen molar-refractivity contribution < 1.29 is 0 Å². The summed E-state index contributed by atoms with van der Waals surface area (Å²) in [5.41, 5.74) is 1.27. The molecule has 1 fully saturated rings. The number of nitrogens with zero attached hydrogens (tertiary/aromatic N) is 2. The van der Waals surface area contributed by atoms with Gasteiger partial charge in [-0.15, -0.1) is 0 Å². The van der Waals surface area contributed by atoms with E-state index in [0.29, 0.717) is 11.2 Å². The second-order valence-electron chi connectivity index (χ2n) is 5.68. The molecule has 0 N–H and O–H groups in total. The molecule has 19 heavy (non-hydrogen) atoms. The number of hydrogen-bond acceptors (Lipinski definition) is 3. The summed E-state index contributed by atoms with van der Waals surface area (Å²) in [5, 5.41) is 9.12. The van der Waals surface area contributed by atoms with Gasteiger partial charge in [-0.3, -0.25) is 4.90 Å². The average molecular weight is 274 g/mol. The summed E-state index contributed by atoms with van der Waals surface area (Å²) >= 11 is 2.05. The maximum Gasteiger partial charge on any atom is 0.0641 e. The third-order valence-corrected chi connectivity index (χ3v) is 5.15. The third-order valence-electron chi connectivity index (χ3n) is 3.78. The van der Waals surface area contributed by atoms with E-state index in [1.165, 1.54) is 12.0 Å². The average Bonchev–Trinajstić information content (AvgIpc) is 2.58. The van der Waals surface area contributed by atoms with Crippen LogP contribution in [0.4, 0.5) is 0 Å². The zero-order valence-corrected chi connectivity index (χ0v) is 12.6. The summed E-state index contributed by atoms with van der Waals surface area (Å²) in [6.45, 7) is 6.81. The SMILES string of the molecule is CC1(C)CCN(C(CC#N)c2ccccc2)CCS1. The highest BCUT2D eigenvalue weighted by molar-refractivity contribution is 8.00. The van der Waals surface area contributed by atoms with E-state index in [4.69, 9.17) is 5.26 Å². The standard InChI is InChI=1S/C16H22N2S/c1-16(2)9-11-18(12-13-19-16)15(8-10-17)14-6-4-3-5-7-14/h3-7,15H,8-9,11-13H2,1-2H3. The molecule has 1 heterocycles. The van der Waals surface area contributed by atoms with E-state index in [-0.39, 0.29) is 6.04 Å². The molecular formula is C16H22N2S. The Morgan fingerprint density at radius 1 is 1.32 bits per heavy atom. The lowest BCUT2D eigenvalue weighted by molar-refractivity contribution is 0.208. The smallest absolute Gasteiger partial charge is 0.0641 e. The molecule has 0 aliphatic carbocycles. The maximum atomic E-state index is 9.12. The van der Waals surface area contributed by atoms with Gasteiger partial charge in [0.1, 0.15) is 0 Å². The van der Waals surface area contributed by atoms with Crippen LogP contribution in [0.15, 0.2) is 30.3 Å². The number of thioether (sulfide) groups is 1. The molecule has 0 amide bonds. The summed E-state index contributed by atoms with van der Waals surface area (Å²) in [6, 6.07) is 13.1. The van der Waals surface area contributed by atoms with E-state index in [1.54, 1.807) is 0 Å². The van der Waals surface area contributed by atoms with Crippen molar-refractivity contribution in [2.45, 2.75) is 37.5 Å². The Bertz CT molecular complexity index is 436. The van der Waals surface area contributed by atoms with E-state index < -0.39 is 0 Å². The van der Waals surface area contributed by atoms with Crippen LogP contribution < -0.4 is 0 Å². The van der Waals surface area contributed by atoms with Crippen LogP contribution in [-0.4, -0.2) is 28.5 Å². The van der Waals surface area contributed by atoms with Gasteiger partial charge in [0, 0.05) is 29.6 Å². The van der Waals surface area contributed by atoms with Gasteiger partial charge in [-0.05, 0) is 12.0 Å². The summed E-state index contributed by atoms with van der Waals surface area (Å²) in [6.07, 6.45) is 1.77. The fourth-order valence-electron chi connectivity index (χ4n) is 2.57. The molecule has 0 spiro atoms. The molecule has 1 atom stereocenters. The van der Waals surface area contributed by atoms with Gasteiger partial charge in [0.2, 0.25) is 0 Å². The van der Waals surface area contributed by atoms with E-state index in [2.05, 4.69) is 60.8 Å². The van der Waals surface area contributed by atoms with Gasteiger partial charge in [-0.25, -0.2) is 0 Å². The molecule has 1 aromatic carbocycles. The second kappa shape index (κ2) is 6.45. The number of hydrogen-bond donors (Lipinski definition) is 0. The molecule has 0 saturated carbocycles. The molecule has 1 unspecified atom stereocenters. The van der Waals surface area contributed by atoms with Gasteiger partial charge in [0.25, 0.3) is 0 Å². The molecular weight excluding hydrogens is 252 g/mol. The van der Waals surface area contributed by atoms with Crippen molar-refractivity contribution in [3.05, 3.63) is 35.9 Å². The Labute approximate surface area is 120 Å². The lowest BCUT2D eigenvalue weighted by Gasteiger charge is -2.29. The lowest BCUT2D eigenvalue weighted by Crippen LogP contribution is -2.31. The molecule has 102 valence electrons. The molecule has 0 aromatic heterocycles. The van der Waals surface area contributed by atoms with Crippen LogP contribution in [0.5, 0.6) is 0 Å². The van der Waals surface area contributed by atoms with E-state index in [1.807, 2.05) is 6.07 Å². The first kappa shape index (κ1) is 14.4. The number of rotatable bonds is 3. The summed E-state index contributed by atoms with van der Waals surface area (Å²) in [5.74, 6) is 1.15. The highest BCUT2D eigenvalue weighted by Gasteiger charge is 2.27. The molecule has 2 nitrogen and oxygen atoms in total. The Kier molecular flexibility index (Phi) is 4.90. The minimum Gasteiger partial charge on any atom is -0.294 e. The quantitative estimate of drug-likeness (QED) is 0.837. The van der Waals surface area contributed by atoms with Gasteiger partial charge in [-0.2, -0.15) is 17.0 Å². The first-order valence-electron chi connectivity index (χ1n) is 6.92. The van der Waals surface area contributed by atoms with Crippen LogP contribution in [0, 0.1) is 11.3 Å². The summed E-state index contributed by atoms with van der Waals surface area (Å²) in [7, 11) is 0. The zero-order chi connectivity index (χ0) is 13.7. The highest BCUT2D eigenvalue weighted by atomic mass is 32.2. The van der Waals surface area contributed by atoms with Gasteiger partial charge < -0.3 is 0 Å². The summed E-state index contributed by atoms with van der Waals surface area (Å²) < 4.78 is 0.364. The van der Waals surface area contributed by atoms with Crippen molar-refractivity contribution in [3.8, 4) is 6.07 Å². The predicted octanol–water partition coefficient (Wildman–Crippen LogP) is 3.86. The van der Waals surface area contributed by atoms with Crippen molar-refractivity contribution in [1.29, 1.82) is 5.26 Å². The Morgan fingerprint density at radius 3 is 2.74 bits per heavy atom. The van der Waals surface area contributed by atoms with Crippen molar-refractivity contribution in [2.75, 3.05) is 18.8 Å². The van der Waals surface area contributed by atoms with Crippen LogP contribution in [-0.2, 0) is 0 Å². The van der Waals surface area contributed by atoms with Gasteiger partial charge in [0.05, 0.1) is 12.5 Å². The van der Waals surface area contributed by atoms with Crippen LogP contribution in [0.1, 0.15) is 38.3 Å². The van der Waals surface area contributed by atoms with Crippen LogP contribution in [0.3, 0.4) is 0 Å². The lowest BCUT2D eigenvalue weighted by atomic mass is 10.0. The third kappa shape index (κ3) is 3.99. The molecule has 1 aliphatic heterocycles. The largest absolute Gasteiger partial charge is 0.294 e. The topological polar surface area (TPSA) is 27.0 Å². The number of benzene rings is 1. The minimum absolute atomic E-state index is 0.251. The van der Waals surface area contributed by atoms with E-state index in [0.717, 1.165) is 18.8 Å². The Balaban J connectivity index is 2.14. The minimum atomic E-state index is 0.251. The normalized spacial score (nSPS) is 21.3. The monoisotopic (exact) mass is 274 g/mol. The van der Waals surface area contributed by atoms with Gasteiger partial charge >= 0.3 is 0 Å². The first-order chi connectivity index (χ1) is 9.12. The highest BCUT2D eigenvalue weighted by Crippen LogP contribution is 2.34.